The Labute approximate surface area is 179 Å². The van der Waals surface area contributed by atoms with E-state index < -0.39 is 26.6 Å². The fraction of sp³-hybridized carbons (Fsp3) is 0. The molecule has 3 aromatic rings. The van der Waals surface area contributed by atoms with Crippen molar-refractivity contribution in [2.24, 2.45) is 0 Å². The number of rotatable bonds is 3. The third-order valence-corrected chi connectivity index (χ3v) is 5.35. The van der Waals surface area contributed by atoms with Crippen LogP contribution in [0, 0.1) is 0 Å². The van der Waals surface area contributed by atoms with Gasteiger partial charge in [-0.2, -0.15) is 8.42 Å². The summed E-state index contributed by atoms with van der Waals surface area (Å²) >= 11 is 0. The smallest absolute Gasteiger partial charge is 1.00 e. The number of benzene rings is 3. The summed E-state index contributed by atoms with van der Waals surface area (Å²) < 4.78 is 30.3. The molecular weight excluding hydrogens is 375 g/mol. The van der Waals surface area contributed by atoms with Crippen molar-refractivity contribution in [3.05, 3.63) is 77.7 Å². The van der Waals surface area contributed by atoms with Crippen LogP contribution < -0.4 is 33.7 Å². The molecule has 5 nitrogen and oxygen atoms in total. The Balaban J connectivity index is 0.00000140. The van der Waals surface area contributed by atoms with Crippen LogP contribution in [0.15, 0.2) is 77.7 Å². The molecule has 0 bridgehead atoms. The third kappa shape index (κ3) is 3.75. The van der Waals surface area contributed by atoms with Gasteiger partial charge in [-0.15, -0.1) is 0 Å². The number of fused-ring (bicyclic) bond motifs is 2. The molecule has 1 aliphatic rings. The van der Waals surface area contributed by atoms with Crippen molar-refractivity contribution in [2.45, 2.75) is 0 Å². The number of carbonyl (C=O) groups excluding carboxylic acids is 2. The molecule has 1 aliphatic carbocycles. The van der Waals surface area contributed by atoms with E-state index in [4.69, 9.17) is 4.18 Å². The second kappa shape index (κ2) is 7.40. The summed E-state index contributed by atoms with van der Waals surface area (Å²) in [5, 5.41) is 3.34. The minimum absolute atomic E-state index is 0. The predicted molar refractivity (Wildman–Crippen MR) is 99.4 cm³/mol. The molecule has 4 rings (SSSR count). The molecule has 0 saturated carbocycles. The monoisotopic (exact) mass is 388 g/mol. The molecule has 27 heavy (non-hydrogen) atoms. The van der Waals surface area contributed by atoms with Crippen molar-refractivity contribution in [1.29, 1.82) is 0 Å². The second-order valence-electron chi connectivity index (χ2n) is 5.82. The van der Waals surface area contributed by atoms with Gasteiger partial charge < -0.3 is 5.61 Å². The van der Waals surface area contributed by atoms with Gasteiger partial charge in [0.1, 0.15) is 0 Å². The summed E-state index contributed by atoms with van der Waals surface area (Å²) in [4.78, 5) is 22.6. The first-order chi connectivity index (χ1) is 12.4. The quantitative estimate of drug-likeness (QED) is 0.281. The Bertz CT molecular complexity index is 1260. The van der Waals surface area contributed by atoms with Gasteiger partial charge in [-0.3, -0.25) is 9.59 Å². The van der Waals surface area contributed by atoms with E-state index in [1.165, 1.54) is 6.07 Å². The first-order valence-electron chi connectivity index (χ1n) is 7.78. The molecule has 0 fully saturated rings. The zero-order chi connectivity index (χ0) is 18.3. The summed E-state index contributed by atoms with van der Waals surface area (Å²) in [6.45, 7) is 0. The van der Waals surface area contributed by atoms with Crippen LogP contribution in [0.4, 0.5) is 0 Å². The van der Waals surface area contributed by atoms with Gasteiger partial charge >= 0.3 is 39.7 Å². The maximum Gasteiger partial charge on any atom is 1.00 e. The Kier molecular flexibility index (Phi) is 5.35. The van der Waals surface area contributed by atoms with E-state index in [9.17, 15) is 18.0 Å². The number of allylic oxidation sites excluding steroid dienone is 4. The Morgan fingerprint density at radius 1 is 0.815 bits per heavy atom. The molecule has 0 aliphatic heterocycles. The summed E-state index contributed by atoms with van der Waals surface area (Å²) in [5.74, 6) is -1.25. The molecular formula is C20H13NaO5S. The van der Waals surface area contributed by atoms with Gasteiger partial charge in [-0.25, -0.2) is 0 Å². The van der Waals surface area contributed by atoms with Crippen LogP contribution in [0.2, 0.25) is 0 Å². The molecule has 0 saturated heterocycles. The van der Waals surface area contributed by atoms with Gasteiger partial charge in [-0.1, -0.05) is 36.4 Å². The molecule has 0 amide bonds. The minimum atomic E-state index is -4.42. The molecule has 0 N–H and O–H groups in total. The second-order valence-corrected chi connectivity index (χ2v) is 7.34. The van der Waals surface area contributed by atoms with Crippen molar-refractivity contribution in [3.8, 4) is 5.75 Å². The fourth-order valence-corrected chi connectivity index (χ4v) is 3.90. The SMILES string of the molecule is O=C1C=CC(=O)C(S(=O)(=O)Oc2cccc3cc4ccccc4cc23)=C1.[H-].[Na+]. The van der Waals surface area contributed by atoms with Crippen LogP contribution in [0.1, 0.15) is 1.43 Å². The molecule has 0 unspecified atom stereocenters. The van der Waals surface area contributed by atoms with Crippen LogP contribution in [-0.4, -0.2) is 20.0 Å². The van der Waals surface area contributed by atoms with E-state index in [0.717, 1.165) is 34.4 Å². The summed E-state index contributed by atoms with van der Waals surface area (Å²) in [5.41, 5.74) is 0. The van der Waals surface area contributed by atoms with Crippen molar-refractivity contribution in [2.75, 3.05) is 0 Å². The topological polar surface area (TPSA) is 77.5 Å². The molecule has 7 heteroatoms. The zero-order valence-electron chi connectivity index (χ0n) is 15.4. The molecule has 0 heterocycles. The van der Waals surface area contributed by atoms with Crippen LogP contribution >= 0.6 is 0 Å². The number of ketones is 2. The van der Waals surface area contributed by atoms with Crippen molar-refractivity contribution >= 4 is 43.2 Å². The molecule has 0 spiro atoms. The number of hydrogen-bond donors (Lipinski definition) is 0. The van der Waals surface area contributed by atoms with E-state index in [0.29, 0.717) is 5.39 Å². The van der Waals surface area contributed by atoms with Crippen molar-refractivity contribution < 1.29 is 53.2 Å². The van der Waals surface area contributed by atoms with Gasteiger partial charge in [0.2, 0.25) is 5.78 Å². The first kappa shape index (κ1) is 19.5. The van der Waals surface area contributed by atoms with Gasteiger partial charge in [0, 0.05) is 11.5 Å². The maximum absolute atomic E-state index is 12.5. The first-order valence-corrected chi connectivity index (χ1v) is 9.19. The van der Waals surface area contributed by atoms with Gasteiger partial charge in [0.15, 0.2) is 16.4 Å². The van der Waals surface area contributed by atoms with E-state index >= 15 is 0 Å². The van der Waals surface area contributed by atoms with Crippen LogP contribution in [0.3, 0.4) is 0 Å². The average molecular weight is 388 g/mol. The van der Waals surface area contributed by atoms with Crippen LogP contribution in [0.5, 0.6) is 5.75 Å². The molecule has 0 radical (unpaired) electrons. The summed E-state index contributed by atoms with van der Waals surface area (Å²) in [6, 6.07) is 16.5. The van der Waals surface area contributed by atoms with Gasteiger partial charge in [0.05, 0.1) is 0 Å². The van der Waals surface area contributed by atoms with Gasteiger partial charge in [0.25, 0.3) is 0 Å². The van der Waals surface area contributed by atoms with Crippen molar-refractivity contribution in [3.63, 3.8) is 0 Å². The van der Waals surface area contributed by atoms with E-state index in [-0.39, 0.29) is 36.7 Å². The van der Waals surface area contributed by atoms with Crippen LogP contribution in [0.25, 0.3) is 21.5 Å². The Morgan fingerprint density at radius 2 is 1.48 bits per heavy atom. The van der Waals surface area contributed by atoms with Gasteiger partial charge in [-0.05, 0) is 46.5 Å². The third-order valence-electron chi connectivity index (χ3n) is 4.09. The molecule has 0 atom stereocenters. The standard InChI is InChI=1S/C20H12O5S.Na.H/c21-16-8-9-18(22)20(12-16)26(23,24)25-19-7-3-6-15-10-13-4-1-2-5-14(13)11-17(15)19;;/h1-12H;;/q;+1;-1. The largest absolute Gasteiger partial charge is 1.00 e. The van der Waals surface area contributed by atoms with Crippen LogP contribution in [-0.2, 0) is 19.7 Å². The number of hydrogen-bond acceptors (Lipinski definition) is 5. The summed E-state index contributed by atoms with van der Waals surface area (Å²) in [6.07, 6.45) is 2.72. The molecule has 3 aromatic carbocycles. The van der Waals surface area contributed by atoms with E-state index in [2.05, 4.69) is 0 Å². The van der Waals surface area contributed by atoms with Crippen molar-refractivity contribution in [1.82, 2.24) is 0 Å². The normalized spacial score (nSPS) is 14.1. The maximum atomic E-state index is 12.5. The summed E-state index contributed by atoms with van der Waals surface area (Å²) in [7, 11) is -4.42. The van der Waals surface area contributed by atoms with E-state index in [1.807, 2.05) is 42.5 Å². The fourth-order valence-electron chi connectivity index (χ4n) is 2.86. The Hall–Kier alpha value is -2.25. The minimum Gasteiger partial charge on any atom is -1.00 e. The predicted octanol–water partition coefficient (Wildman–Crippen LogP) is 0.410. The number of carbonyl (C=O) groups is 2. The zero-order valence-corrected chi connectivity index (χ0v) is 17.2. The Morgan fingerprint density at radius 3 is 2.22 bits per heavy atom. The molecule has 0 aromatic heterocycles. The molecule has 130 valence electrons. The van der Waals surface area contributed by atoms with E-state index in [1.54, 1.807) is 6.07 Å². The average Bonchev–Trinajstić information content (AvgIpc) is 2.62.